The van der Waals surface area contributed by atoms with Crippen LogP contribution in [0.1, 0.15) is 232 Å². The second kappa shape index (κ2) is 38.1. The fourth-order valence-corrected chi connectivity index (χ4v) is 6.20. The van der Waals surface area contributed by atoms with E-state index in [2.05, 4.69) is 24.5 Å². The van der Waals surface area contributed by atoms with E-state index in [1.54, 1.807) is 0 Å². The number of unbranched alkanes of at least 4 members (excludes halogenated alkanes) is 29. The highest BCUT2D eigenvalue weighted by Gasteiger charge is 2.03. The Kier molecular flexibility index (Phi) is 37.2. The number of hydrogen-bond acceptors (Lipinski definition) is 2. The zero-order valence-corrected chi connectivity index (χ0v) is 30.3. The molecule has 0 aromatic carbocycles. The first-order valence-electron chi connectivity index (χ1n) is 20.2. The molecule has 2 amide bonds. The van der Waals surface area contributed by atoms with E-state index in [0.717, 1.165) is 51.6 Å². The molecule has 0 aromatic heterocycles. The predicted molar refractivity (Wildman–Crippen MR) is 194 cm³/mol. The van der Waals surface area contributed by atoms with Crippen molar-refractivity contribution < 1.29 is 9.59 Å². The Balaban J connectivity index is 3.24. The van der Waals surface area contributed by atoms with E-state index in [1.807, 2.05) is 0 Å². The van der Waals surface area contributed by atoms with Crippen LogP contribution in [0.15, 0.2) is 0 Å². The van der Waals surface area contributed by atoms with E-state index in [4.69, 9.17) is 0 Å². The van der Waals surface area contributed by atoms with Crippen LogP contribution in [0.3, 0.4) is 0 Å². The van der Waals surface area contributed by atoms with Gasteiger partial charge in [-0.3, -0.25) is 9.59 Å². The van der Waals surface area contributed by atoms with Crippen LogP contribution in [0.5, 0.6) is 0 Å². The highest BCUT2D eigenvalue weighted by atomic mass is 16.2. The van der Waals surface area contributed by atoms with Crippen LogP contribution >= 0.6 is 0 Å². The number of hydrogen-bond donors (Lipinski definition) is 2. The second-order valence-corrected chi connectivity index (χ2v) is 13.8. The van der Waals surface area contributed by atoms with Crippen molar-refractivity contribution in [3.8, 4) is 0 Å². The van der Waals surface area contributed by atoms with Gasteiger partial charge in [0.05, 0.1) is 0 Å². The summed E-state index contributed by atoms with van der Waals surface area (Å²) in [5, 5.41) is 6.18. The molecule has 2 N–H and O–H groups in total. The maximum Gasteiger partial charge on any atom is 0.219 e. The largest absolute Gasteiger partial charge is 0.356 e. The van der Waals surface area contributed by atoms with Crippen molar-refractivity contribution >= 4 is 11.8 Å². The molecule has 0 radical (unpaired) electrons. The molecular weight excluding hydrogens is 540 g/mol. The zero-order valence-electron chi connectivity index (χ0n) is 30.3. The molecule has 0 aliphatic rings. The monoisotopic (exact) mass is 621 g/mol. The van der Waals surface area contributed by atoms with Crippen LogP contribution in [0.4, 0.5) is 0 Å². The van der Waals surface area contributed by atoms with Gasteiger partial charge in [-0.05, 0) is 25.7 Å². The summed E-state index contributed by atoms with van der Waals surface area (Å²) in [5.41, 5.74) is 0. The van der Waals surface area contributed by atoms with Crippen molar-refractivity contribution in [1.29, 1.82) is 0 Å². The van der Waals surface area contributed by atoms with Gasteiger partial charge in [0.25, 0.3) is 0 Å². The predicted octanol–water partition coefficient (Wildman–Crippen LogP) is 12.5. The summed E-state index contributed by atoms with van der Waals surface area (Å²) in [7, 11) is 0. The highest BCUT2D eigenvalue weighted by molar-refractivity contribution is 5.76. The summed E-state index contributed by atoms with van der Waals surface area (Å²) in [5.74, 6) is 0.444. The van der Waals surface area contributed by atoms with Crippen molar-refractivity contribution in [3.63, 3.8) is 0 Å². The molecule has 0 unspecified atom stereocenters. The number of rotatable bonds is 37. The molecule has 0 bridgehead atoms. The quantitative estimate of drug-likeness (QED) is 0.0679. The minimum atomic E-state index is 0.222. The Bertz CT molecular complexity index is 530. The maximum absolute atomic E-state index is 12.1. The molecule has 0 aliphatic heterocycles. The first-order chi connectivity index (χ1) is 21.7. The van der Waals surface area contributed by atoms with Gasteiger partial charge in [-0.2, -0.15) is 0 Å². The van der Waals surface area contributed by atoms with Gasteiger partial charge in [0.15, 0.2) is 0 Å². The molecule has 0 rings (SSSR count). The van der Waals surface area contributed by atoms with E-state index in [-0.39, 0.29) is 11.8 Å². The molecule has 262 valence electrons. The lowest BCUT2D eigenvalue weighted by atomic mass is 10.0. The van der Waals surface area contributed by atoms with Crippen LogP contribution in [-0.4, -0.2) is 24.9 Å². The third-order valence-electron chi connectivity index (χ3n) is 9.26. The van der Waals surface area contributed by atoms with E-state index in [0.29, 0.717) is 12.8 Å². The third-order valence-corrected chi connectivity index (χ3v) is 9.26. The Labute approximate surface area is 276 Å². The van der Waals surface area contributed by atoms with E-state index >= 15 is 0 Å². The first kappa shape index (κ1) is 42.9. The molecular formula is C40H80N2O2. The molecule has 0 aromatic rings. The summed E-state index contributed by atoms with van der Waals surface area (Å²) >= 11 is 0. The average Bonchev–Trinajstić information content (AvgIpc) is 3.02. The number of carbonyl (C=O) groups is 2. The van der Waals surface area contributed by atoms with Crippen molar-refractivity contribution in [2.75, 3.05) is 13.1 Å². The normalized spacial score (nSPS) is 11.2. The van der Waals surface area contributed by atoms with Crippen LogP contribution in [-0.2, 0) is 9.59 Å². The van der Waals surface area contributed by atoms with Gasteiger partial charge in [-0.25, -0.2) is 0 Å². The lowest BCUT2D eigenvalue weighted by Crippen LogP contribution is -2.24. The standard InChI is InChI=1S/C40H80N2O2/c1-3-5-7-9-11-13-15-17-19-21-23-25-27-31-35-39(43)41-37-33-29-30-34-38-42-40(44)36-32-28-26-24-22-20-18-16-14-12-10-8-6-4-2/h3-38H2,1-2H3,(H,41,43)(H,42,44). The summed E-state index contributed by atoms with van der Waals surface area (Å²) in [4.78, 5) is 24.1. The molecule has 0 fully saturated rings. The first-order valence-corrected chi connectivity index (χ1v) is 20.2. The van der Waals surface area contributed by atoms with Gasteiger partial charge in [0.1, 0.15) is 0 Å². The summed E-state index contributed by atoms with van der Waals surface area (Å²) < 4.78 is 0. The van der Waals surface area contributed by atoms with Gasteiger partial charge >= 0.3 is 0 Å². The van der Waals surface area contributed by atoms with Crippen molar-refractivity contribution in [3.05, 3.63) is 0 Å². The molecule has 0 spiro atoms. The second-order valence-electron chi connectivity index (χ2n) is 13.8. The molecule has 4 heteroatoms. The van der Waals surface area contributed by atoms with Crippen molar-refractivity contribution in [1.82, 2.24) is 10.6 Å². The Morgan fingerprint density at radius 2 is 0.500 bits per heavy atom. The topological polar surface area (TPSA) is 58.2 Å². The Hall–Kier alpha value is -1.06. The van der Waals surface area contributed by atoms with Crippen LogP contribution in [0.2, 0.25) is 0 Å². The van der Waals surface area contributed by atoms with E-state index < -0.39 is 0 Å². The minimum absolute atomic E-state index is 0.222. The Morgan fingerprint density at radius 3 is 0.750 bits per heavy atom. The van der Waals surface area contributed by atoms with Gasteiger partial charge in [-0.15, -0.1) is 0 Å². The lowest BCUT2D eigenvalue weighted by Gasteiger charge is -2.07. The molecule has 0 heterocycles. The fourth-order valence-electron chi connectivity index (χ4n) is 6.20. The highest BCUT2D eigenvalue weighted by Crippen LogP contribution is 2.15. The molecule has 0 saturated heterocycles. The molecule has 0 saturated carbocycles. The summed E-state index contributed by atoms with van der Waals surface area (Å²) in [6, 6.07) is 0. The van der Waals surface area contributed by atoms with E-state index in [9.17, 15) is 9.59 Å². The van der Waals surface area contributed by atoms with Crippen LogP contribution < -0.4 is 10.6 Å². The fraction of sp³-hybridized carbons (Fsp3) is 0.950. The van der Waals surface area contributed by atoms with Crippen molar-refractivity contribution in [2.45, 2.75) is 232 Å². The van der Waals surface area contributed by atoms with Gasteiger partial charge in [0, 0.05) is 25.9 Å². The Morgan fingerprint density at radius 1 is 0.295 bits per heavy atom. The van der Waals surface area contributed by atoms with Gasteiger partial charge < -0.3 is 10.6 Å². The zero-order chi connectivity index (χ0) is 32.0. The third kappa shape index (κ3) is 37.1. The van der Waals surface area contributed by atoms with Gasteiger partial charge in [0.2, 0.25) is 11.8 Å². The summed E-state index contributed by atoms with van der Waals surface area (Å²) in [6.45, 7) is 6.15. The van der Waals surface area contributed by atoms with Crippen molar-refractivity contribution in [2.24, 2.45) is 0 Å². The molecule has 0 atom stereocenters. The SMILES string of the molecule is CCCCCCCCCCCCCCCCC(=O)NCCCCCCNC(=O)CCCCCCCCCCCCCCCC. The molecule has 44 heavy (non-hydrogen) atoms. The smallest absolute Gasteiger partial charge is 0.219 e. The number of nitrogens with one attached hydrogen (secondary N) is 2. The van der Waals surface area contributed by atoms with E-state index in [1.165, 1.54) is 167 Å². The number of carbonyl (C=O) groups excluding carboxylic acids is 2. The molecule has 4 nitrogen and oxygen atoms in total. The maximum atomic E-state index is 12.1. The summed E-state index contributed by atoms with van der Waals surface area (Å²) in [6.07, 6.45) is 43.4. The average molecular weight is 621 g/mol. The molecule has 0 aliphatic carbocycles. The van der Waals surface area contributed by atoms with Gasteiger partial charge in [-0.1, -0.05) is 194 Å². The van der Waals surface area contributed by atoms with Crippen LogP contribution in [0, 0.1) is 0 Å². The lowest BCUT2D eigenvalue weighted by molar-refractivity contribution is -0.122. The minimum Gasteiger partial charge on any atom is -0.356 e. The van der Waals surface area contributed by atoms with Crippen LogP contribution in [0.25, 0.3) is 0 Å². The number of amides is 2.